The van der Waals surface area contributed by atoms with Crippen LogP contribution in [0, 0.1) is 0 Å². The van der Waals surface area contributed by atoms with Gasteiger partial charge in [0.15, 0.2) is 0 Å². The molecular formula is C9H17NO3S. The summed E-state index contributed by atoms with van der Waals surface area (Å²) in [6.45, 7) is 1.25. The summed E-state index contributed by atoms with van der Waals surface area (Å²) in [5.41, 5.74) is -0.663. The van der Waals surface area contributed by atoms with E-state index in [2.05, 4.69) is 0 Å². The number of aliphatic carboxylic acids is 1. The molecule has 1 saturated heterocycles. The van der Waals surface area contributed by atoms with Gasteiger partial charge in [0, 0.05) is 19.4 Å². The monoisotopic (exact) mass is 219 g/mol. The lowest BCUT2D eigenvalue weighted by atomic mass is 9.97. The summed E-state index contributed by atoms with van der Waals surface area (Å²) in [6.07, 6.45) is 0.729. The quantitative estimate of drug-likeness (QED) is 0.730. The second-order valence-corrected chi connectivity index (χ2v) is 4.66. The molecule has 0 aliphatic carbocycles. The number of likely N-dealkylation sites (N-methyl/N-ethyl adjacent to an activating group) is 1. The molecule has 1 atom stereocenters. The van der Waals surface area contributed by atoms with Crippen LogP contribution in [0.25, 0.3) is 0 Å². The second kappa shape index (κ2) is 5.00. The van der Waals surface area contributed by atoms with Gasteiger partial charge in [-0.1, -0.05) is 0 Å². The maximum absolute atomic E-state index is 11.2. The Hall–Kier alpha value is -0.260. The fraction of sp³-hybridized carbons (Fsp3) is 0.889. The molecule has 82 valence electrons. The van der Waals surface area contributed by atoms with Crippen LogP contribution in [0.2, 0.25) is 0 Å². The fourth-order valence-electron chi connectivity index (χ4n) is 1.63. The number of carboxylic acid groups (broad SMARTS) is 1. The van der Waals surface area contributed by atoms with Crippen molar-refractivity contribution in [3.05, 3.63) is 0 Å². The first-order valence-electron chi connectivity index (χ1n) is 4.65. The summed E-state index contributed by atoms with van der Waals surface area (Å²) in [7, 11) is 3.49. The molecule has 1 aliphatic rings. The average molecular weight is 219 g/mol. The molecule has 14 heavy (non-hydrogen) atoms. The molecule has 1 fully saturated rings. The summed E-state index contributed by atoms with van der Waals surface area (Å²) in [5, 5.41) is 9.24. The Kier molecular flexibility index (Phi) is 4.22. The minimum absolute atomic E-state index is 0.580. The van der Waals surface area contributed by atoms with Gasteiger partial charge in [-0.25, -0.2) is 0 Å². The highest BCUT2D eigenvalue weighted by Crippen LogP contribution is 2.32. The van der Waals surface area contributed by atoms with E-state index in [-0.39, 0.29) is 0 Å². The van der Waals surface area contributed by atoms with E-state index in [1.807, 2.05) is 11.9 Å². The van der Waals surface area contributed by atoms with Crippen LogP contribution in [-0.4, -0.2) is 60.3 Å². The van der Waals surface area contributed by atoms with Gasteiger partial charge in [0.2, 0.25) is 0 Å². The number of carboxylic acids is 1. The van der Waals surface area contributed by atoms with Crippen molar-refractivity contribution in [2.24, 2.45) is 0 Å². The van der Waals surface area contributed by atoms with Crippen LogP contribution in [0.4, 0.5) is 0 Å². The number of carbonyl (C=O) groups is 1. The van der Waals surface area contributed by atoms with Crippen molar-refractivity contribution in [1.82, 2.24) is 4.90 Å². The number of nitrogens with zero attached hydrogens (tertiary/aromatic N) is 1. The van der Waals surface area contributed by atoms with E-state index in [0.29, 0.717) is 18.9 Å². The minimum Gasteiger partial charge on any atom is -0.480 e. The van der Waals surface area contributed by atoms with E-state index < -0.39 is 11.5 Å². The Morgan fingerprint density at radius 2 is 2.43 bits per heavy atom. The first-order valence-corrected chi connectivity index (χ1v) is 5.80. The zero-order chi connectivity index (χ0) is 10.6. The maximum atomic E-state index is 11.2. The molecule has 0 radical (unpaired) electrons. The van der Waals surface area contributed by atoms with Gasteiger partial charge in [-0.05, 0) is 19.2 Å². The zero-order valence-electron chi connectivity index (χ0n) is 8.65. The minimum atomic E-state index is -0.707. The first-order chi connectivity index (χ1) is 6.63. The Labute approximate surface area is 88.6 Å². The topological polar surface area (TPSA) is 49.8 Å². The van der Waals surface area contributed by atoms with Crippen molar-refractivity contribution in [3.8, 4) is 0 Å². The number of rotatable bonds is 5. The molecule has 4 nitrogen and oxygen atoms in total. The van der Waals surface area contributed by atoms with Crippen molar-refractivity contribution >= 4 is 17.7 Å². The van der Waals surface area contributed by atoms with Crippen molar-refractivity contribution < 1.29 is 14.6 Å². The molecule has 0 aromatic carbocycles. The lowest BCUT2D eigenvalue weighted by Crippen LogP contribution is -2.54. The van der Waals surface area contributed by atoms with Gasteiger partial charge in [0.1, 0.15) is 5.54 Å². The number of methoxy groups -OCH3 is 1. The van der Waals surface area contributed by atoms with Crippen LogP contribution in [-0.2, 0) is 9.53 Å². The van der Waals surface area contributed by atoms with Gasteiger partial charge in [0.25, 0.3) is 0 Å². The fourth-order valence-corrected chi connectivity index (χ4v) is 3.08. The normalized spacial score (nSPS) is 27.1. The van der Waals surface area contributed by atoms with Crippen LogP contribution in [0.1, 0.15) is 6.42 Å². The molecule has 1 unspecified atom stereocenters. The molecule has 1 heterocycles. The highest BCUT2D eigenvalue weighted by atomic mass is 32.2. The van der Waals surface area contributed by atoms with E-state index in [1.54, 1.807) is 18.9 Å². The van der Waals surface area contributed by atoms with Crippen molar-refractivity contribution in [3.63, 3.8) is 0 Å². The highest BCUT2D eigenvalue weighted by molar-refractivity contribution is 7.99. The summed E-state index contributed by atoms with van der Waals surface area (Å²) in [5.74, 6) is 0.910. The van der Waals surface area contributed by atoms with Crippen molar-refractivity contribution in [2.45, 2.75) is 12.0 Å². The molecule has 0 aromatic heterocycles. The molecule has 0 aromatic rings. The van der Waals surface area contributed by atoms with Gasteiger partial charge >= 0.3 is 5.97 Å². The zero-order valence-corrected chi connectivity index (χ0v) is 9.47. The van der Waals surface area contributed by atoms with E-state index in [9.17, 15) is 9.90 Å². The summed E-state index contributed by atoms with van der Waals surface area (Å²) >= 11 is 1.71. The molecule has 5 heteroatoms. The van der Waals surface area contributed by atoms with Crippen LogP contribution >= 0.6 is 11.8 Å². The van der Waals surface area contributed by atoms with E-state index >= 15 is 0 Å². The van der Waals surface area contributed by atoms with Crippen LogP contribution in [0.3, 0.4) is 0 Å². The number of hydrogen-bond donors (Lipinski definition) is 1. The molecule has 1 N–H and O–H groups in total. The third-order valence-corrected chi connectivity index (χ3v) is 3.93. The maximum Gasteiger partial charge on any atom is 0.325 e. The number of hydrogen-bond acceptors (Lipinski definition) is 4. The molecule has 0 amide bonds. The largest absolute Gasteiger partial charge is 0.480 e. The van der Waals surface area contributed by atoms with Gasteiger partial charge in [-0.3, -0.25) is 9.69 Å². The Bertz CT molecular complexity index is 204. The molecule has 0 spiro atoms. The predicted octanol–water partition coefficient (Wildman–Crippen LogP) is 0.525. The number of ether oxygens (including phenoxy) is 1. The first kappa shape index (κ1) is 11.8. The van der Waals surface area contributed by atoms with Crippen LogP contribution < -0.4 is 0 Å². The summed E-state index contributed by atoms with van der Waals surface area (Å²) < 4.78 is 4.96. The standard InChI is InChI=1S/C9H17NO3S/c1-10(4-5-13-2)9(8(11)12)3-6-14-7-9/h3-7H2,1-2H3,(H,11,12). The summed E-state index contributed by atoms with van der Waals surface area (Å²) in [6, 6.07) is 0. The SMILES string of the molecule is COCCN(C)C1(C(=O)O)CCSC1. The lowest BCUT2D eigenvalue weighted by Gasteiger charge is -2.33. The van der Waals surface area contributed by atoms with Crippen LogP contribution in [0.5, 0.6) is 0 Å². The molecule has 1 rings (SSSR count). The average Bonchev–Trinajstić information content (AvgIpc) is 2.63. The van der Waals surface area contributed by atoms with E-state index in [1.165, 1.54) is 0 Å². The Morgan fingerprint density at radius 3 is 2.86 bits per heavy atom. The van der Waals surface area contributed by atoms with E-state index in [0.717, 1.165) is 12.2 Å². The van der Waals surface area contributed by atoms with Crippen molar-refractivity contribution in [2.75, 3.05) is 38.8 Å². The van der Waals surface area contributed by atoms with Gasteiger partial charge in [0.05, 0.1) is 6.61 Å². The molecular weight excluding hydrogens is 202 g/mol. The smallest absolute Gasteiger partial charge is 0.325 e. The van der Waals surface area contributed by atoms with Crippen LogP contribution in [0.15, 0.2) is 0 Å². The Balaban J connectivity index is 2.62. The third-order valence-electron chi connectivity index (χ3n) is 2.76. The Morgan fingerprint density at radius 1 is 1.71 bits per heavy atom. The van der Waals surface area contributed by atoms with Gasteiger partial charge in [-0.15, -0.1) is 0 Å². The lowest BCUT2D eigenvalue weighted by molar-refractivity contribution is -0.149. The third kappa shape index (κ3) is 2.21. The molecule has 0 saturated carbocycles. The predicted molar refractivity (Wildman–Crippen MR) is 56.8 cm³/mol. The molecule has 0 bridgehead atoms. The summed E-state index contributed by atoms with van der Waals surface area (Å²) in [4.78, 5) is 13.1. The highest BCUT2D eigenvalue weighted by Gasteiger charge is 2.45. The second-order valence-electron chi connectivity index (χ2n) is 3.55. The molecule has 1 aliphatic heterocycles. The van der Waals surface area contributed by atoms with Gasteiger partial charge < -0.3 is 9.84 Å². The van der Waals surface area contributed by atoms with E-state index in [4.69, 9.17) is 4.74 Å². The van der Waals surface area contributed by atoms with Gasteiger partial charge in [-0.2, -0.15) is 11.8 Å². The van der Waals surface area contributed by atoms with Crippen molar-refractivity contribution in [1.29, 1.82) is 0 Å². The number of thioether (sulfide) groups is 1.